The Morgan fingerprint density at radius 3 is 2.62 bits per heavy atom. The molecule has 1 aromatic heterocycles. The quantitative estimate of drug-likeness (QED) is 0.521. The molecule has 0 aliphatic carbocycles. The van der Waals surface area contributed by atoms with Gasteiger partial charge in [0.25, 0.3) is 0 Å². The summed E-state index contributed by atoms with van der Waals surface area (Å²) in [5.74, 6) is 3.96. The summed E-state index contributed by atoms with van der Waals surface area (Å²) in [5.41, 5.74) is 8.06. The number of guanidine groups is 1. The summed E-state index contributed by atoms with van der Waals surface area (Å²) in [7, 11) is 0. The Morgan fingerprint density at radius 1 is 1.17 bits per heavy atom. The van der Waals surface area contributed by atoms with Gasteiger partial charge in [-0.05, 0) is 23.8 Å². The fourth-order valence-electron chi connectivity index (χ4n) is 2.62. The summed E-state index contributed by atoms with van der Waals surface area (Å²) in [4.78, 5) is 17.3. The Balaban J connectivity index is 1.56. The van der Waals surface area contributed by atoms with Gasteiger partial charge in [-0.2, -0.15) is 0 Å². The molecule has 0 atom stereocenters. The molecule has 1 aliphatic heterocycles. The summed E-state index contributed by atoms with van der Waals surface area (Å²) in [6.45, 7) is 3.79. The van der Waals surface area contributed by atoms with Gasteiger partial charge < -0.3 is 15.5 Å². The molecule has 1 fully saturated rings. The summed E-state index contributed by atoms with van der Waals surface area (Å²) >= 11 is 0. The van der Waals surface area contributed by atoms with Gasteiger partial charge in [-0.25, -0.2) is 15.0 Å². The fraction of sp³-hybridized carbons (Fsp3) is 0.278. The highest BCUT2D eigenvalue weighted by molar-refractivity contribution is 5.78. The predicted molar refractivity (Wildman–Crippen MR) is 95.5 cm³/mol. The van der Waals surface area contributed by atoms with Crippen molar-refractivity contribution >= 4 is 11.9 Å². The van der Waals surface area contributed by atoms with Gasteiger partial charge in [-0.15, -0.1) is 6.42 Å². The molecular formula is C18H20N6. The van der Waals surface area contributed by atoms with E-state index >= 15 is 0 Å². The molecule has 2 N–H and O–H groups in total. The molecule has 1 saturated heterocycles. The summed E-state index contributed by atoms with van der Waals surface area (Å²) < 4.78 is 0. The average molecular weight is 320 g/mol. The molecule has 6 nitrogen and oxygen atoms in total. The Bertz CT molecular complexity index is 742. The first-order valence-corrected chi connectivity index (χ1v) is 7.88. The van der Waals surface area contributed by atoms with Gasteiger partial charge in [0.1, 0.15) is 0 Å². The minimum Gasteiger partial charge on any atom is -0.370 e. The number of rotatable bonds is 3. The van der Waals surface area contributed by atoms with Crippen LogP contribution in [0.1, 0.15) is 11.1 Å². The van der Waals surface area contributed by atoms with Crippen LogP contribution in [0, 0.1) is 12.3 Å². The number of aromatic nitrogens is 2. The third-order valence-corrected chi connectivity index (χ3v) is 3.96. The van der Waals surface area contributed by atoms with E-state index in [0.717, 1.165) is 43.3 Å². The minimum absolute atomic E-state index is 0.531. The average Bonchev–Trinajstić information content (AvgIpc) is 2.67. The van der Waals surface area contributed by atoms with Gasteiger partial charge >= 0.3 is 0 Å². The Labute approximate surface area is 142 Å². The Hall–Kier alpha value is -3.07. The van der Waals surface area contributed by atoms with E-state index in [1.54, 1.807) is 12.4 Å². The molecule has 0 saturated carbocycles. The number of terminal acetylenes is 1. The van der Waals surface area contributed by atoms with Crippen LogP contribution in [0.25, 0.3) is 0 Å². The van der Waals surface area contributed by atoms with Gasteiger partial charge in [0.05, 0.1) is 6.54 Å². The number of aliphatic imine (C=N–C) groups is 1. The number of nitrogens with zero attached hydrogens (tertiary/aromatic N) is 5. The molecule has 122 valence electrons. The van der Waals surface area contributed by atoms with Crippen molar-refractivity contribution in [3.63, 3.8) is 0 Å². The highest BCUT2D eigenvalue weighted by Gasteiger charge is 2.19. The van der Waals surface area contributed by atoms with Crippen LogP contribution in [-0.2, 0) is 6.54 Å². The van der Waals surface area contributed by atoms with Crippen LogP contribution in [0.15, 0.2) is 47.7 Å². The van der Waals surface area contributed by atoms with E-state index in [1.807, 2.05) is 30.3 Å². The second-order valence-electron chi connectivity index (χ2n) is 5.54. The smallest absolute Gasteiger partial charge is 0.225 e. The monoisotopic (exact) mass is 320 g/mol. The van der Waals surface area contributed by atoms with E-state index in [9.17, 15) is 0 Å². The van der Waals surface area contributed by atoms with Gasteiger partial charge in [-0.3, -0.25) is 0 Å². The largest absolute Gasteiger partial charge is 0.370 e. The van der Waals surface area contributed by atoms with Gasteiger partial charge in [-0.1, -0.05) is 18.1 Å². The van der Waals surface area contributed by atoms with Crippen LogP contribution in [0.2, 0.25) is 0 Å². The predicted octanol–water partition coefficient (Wildman–Crippen LogP) is 1.09. The van der Waals surface area contributed by atoms with Crippen LogP contribution >= 0.6 is 0 Å². The molecule has 0 radical (unpaired) electrons. The van der Waals surface area contributed by atoms with Crippen molar-refractivity contribution in [2.45, 2.75) is 6.54 Å². The molecule has 3 rings (SSSR count). The highest BCUT2D eigenvalue weighted by atomic mass is 15.3. The standard InChI is InChI=1S/C18H20N6/c1-2-15-5-3-6-16(13-15)14-22-17(19)23-9-11-24(12-10-23)18-20-7-4-8-21-18/h1,3-8,13H,9-12,14H2,(H2,19,22). The van der Waals surface area contributed by atoms with Crippen molar-refractivity contribution < 1.29 is 0 Å². The third-order valence-electron chi connectivity index (χ3n) is 3.96. The van der Waals surface area contributed by atoms with E-state index < -0.39 is 0 Å². The van der Waals surface area contributed by atoms with Crippen LogP contribution < -0.4 is 10.6 Å². The van der Waals surface area contributed by atoms with Crippen molar-refractivity contribution in [3.05, 3.63) is 53.9 Å². The molecule has 0 bridgehead atoms. The van der Waals surface area contributed by atoms with E-state index in [-0.39, 0.29) is 0 Å². The lowest BCUT2D eigenvalue weighted by atomic mass is 10.1. The fourth-order valence-corrected chi connectivity index (χ4v) is 2.62. The van der Waals surface area contributed by atoms with Crippen LogP contribution in [0.5, 0.6) is 0 Å². The summed E-state index contributed by atoms with van der Waals surface area (Å²) in [6.07, 6.45) is 8.94. The normalized spacial score (nSPS) is 15.2. The van der Waals surface area contributed by atoms with Crippen LogP contribution in [0.4, 0.5) is 5.95 Å². The topological polar surface area (TPSA) is 70.6 Å². The molecule has 0 unspecified atom stereocenters. The lowest BCUT2D eigenvalue weighted by Crippen LogP contribution is -2.51. The van der Waals surface area contributed by atoms with Crippen LogP contribution in [-0.4, -0.2) is 47.0 Å². The molecular weight excluding hydrogens is 300 g/mol. The first-order valence-electron chi connectivity index (χ1n) is 7.88. The molecule has 2 heterocycles. The summed E-state index contributed by atoms with van der Waals surface area (Å²) in [5, 5.41) is 0. The molecule has 2 aromatic rings. The molecule has 1 aromatic carbocycles. The first kappa shape index (κ1) is 15.8. The number of benzene rings is 1. The van der Waals surface area contributed by atoms with Crippen molar-refractivity contribution in [1.82, 2.24) is 14.9 Å². The number of nitrogens with two attached hydrogens (primary N) is 1. The van der Waals surface area contributed by atoms with Crippen molar-refractivity contribution in [2.24, 2.45) is 10.7 Å². The SMILES string of the molecule is C#Cc1cccc(CN=C(N)N2CCN(c3ncccn3)CC2)c1. The molecule has 1 aliphatic rings. The molecule has 6 heteroatoms. The first-order chi connectivity index (χ1) is 11.8. The maximum Gasteiger partial charge on any atom is 0.225 e. The summed E-state index contributed by atoms with van der Waals surface area (Å²) in [6, 6.07) is 9.62. The zero-order valence-corrected chi connectivity index (χ0v) is 13.5. The maximum atomic E-state index is 6.14. The van der Waals surface area contributed by atoms with Gasteiger partial charge in [0.15, 0.2) is 5.96 Å². The molecule has 24 heavy (non-hydrogen) atoms. The zero-order valence-electron chi connectivity index (χ0n) is 13.5. The number of anilines is 1. The van der Waals surface area contributed by atoms with Crippen molar-refractivity contribution in [2.75, 3.05) is 31.1 Å². The van der Waals surface area contributed by atoms with Gasteiger partial charge in [0, 0.05) is 44.1 Å². The number of hydrogen-bond acceptors (Lipinski definition) is 4. The zero-order chi connectivity index (χ0) is 16.8. The second-order valence-corrected chi connectivity index (χ2v) is 5.54. The Morgan fingerprint density at radius 2 is 1.92 bits per heavy atom. The maximum absolute atomic E-state index is 6.14. The minimum atomic E-state index is 0.531. The van der Waals surface area contributed by atoms with E-state index in [0.29, 0.717) is 12.5 Å². The van der Waals surface area contributed by atoms with Crippen molar-refractivity contribution in [3.8, 4) is 12.3 Å². The number of piperazine rings is 1. The van der Waals surface area contributed by atoms with E-state index in [1.165, 1.54) is 0 Å². The lowest BCUT2D eigenvalue weighted by molar-refractivity contribution is 0.378. The molecule has 0 amide bonds. The molecule has 0 spiro atoms. The third kappa shape index (κ3) is 3.82. The van der Waals surface area contributed by atoms with Gasteiger partial charge in [0.2, 0.25) is 5.95 Å². The van der Waals surface area contributed by atoms with Crippen LogP contribution in [0.3, 0.4) is 0 Å². The Kier molecular flexibility index (Phi) is 4.92. The lowest BCUT2D eigenvalue weighted by Gasteiger charge is -2.35. The highest BCUT2D eigenvalue weighted by Crippen LogP contribution is 2.10. The van der Waals surface area contributed by atoms with E-state index in [2.05, 4.69) is 30.7 Å². The number of hydrogen-bond donors (Lipinski definition) is 1. The van der Waals surface area contributed by atoms with E-state index in [4.69, 9.17) is 12.2 Å². The second kappa shape index (κ2) is 7.47. The van der Waals surface area contributed by atoms with Crippen molar-refractivity contribution in [1.29, 1.82) is 0 Å².